The lowest BCUT2D eigenvalue weighted by molar-refractivity contribution is -0.116. The highest BCUT2D eigenvalue weighted by atomic mass is 16.5. The Kier molecular flexibility index (Phi) is 3.85. The van der Waals surface area contributed by atoms with E-state index < -0.39 is 0 Å². The Morgan fingerprint density at radius 1 is 1.17 bits per heavy atom. The van der Waals surface area contributed by atoms with Gasteiger partial charge in [-0.1, -0.05) is 36.4 Å². The summed E-state index contributed by atoms with van der Waals surface area (Å²) in [5, 5.41) is 3.06. The zero-order chi connectivity index (χ0) is 16.4. The maximum atomic E-state index is 12.1. The SMILES string of the molecule is O=C(/C=C/c1ccc2c(c1)CCO2)NCC1(c2ccccc2)CC1. The van der Waals surface area contributed by atoms with Gasteiger partial charge in [0.05, 0.1) is 6.61 Å². The standard InChI is InChI=1S/C21H21NO2/c23-20(9-7-16-6-8-19-17(14-16)10-13-24-19)22-15-21(11-12-21)18-4-2-1-3-5-18/h1-9,14H,10-13,15H2,(H,22,23)/b9-7+. The van der Waals surface area contributed by atoms with E-state index in [4.69, 9.17) is 4.74 Å². The molecule has 2 aromatic carbocycles. The van der Waals surface area contributed by atoms with Crippen molar-refractivity contribution in [3.8, 4) is 5.75 Å². The second kappa shape index (κ2) is 6.16. The van der Waals surface area contributed by atoms with Gasteiger partial charge in [0, 0.05) is 24.5 Å². The molecule has 2 aromatic rings. The first kappa shape index (κ1) is 15.0. The third kappa shape index (κ3) is 3.07. The average molecular weight is 319 g/mol. The Bertz CT molecular complexity index is 776. The molecule has 0 unspecified atom stereocenters. The van der Waals surface area contributed by atoms with Crippen LogP contribution in [0.4, 0.5) is 0 Å². The van der Waals surface area contributed by atoms with Crippen LogP contribution in [-0.4, -0.2) is 19.1 Å². The van der Waals surface area contributed by atoms with Crippen LogP contribution in [-0.2, 0) is 16.6 Å². The number of benzene rings is 2. The maximum Gasteiger partial charge on any atom is 0.244 e. The van der Waals surface area contributed by atoms with Crippen molar-refractivity contribution >= 4 is 12.0 Å². The summed E-state index contributed by atoms with van der Waals surface area (Å²) >= 11 is 0. The molecule has 1 aliphatic carbocycles. The van der Waals surface area contributed by atoms with Crippen molar-refractivity contribution in [3.05, 3.63) is 71.3 Å². The molecule has 4 rings (SSSR count). The number of amides is 1. The van der Waals surface area contributed by atoms with Crippen LogP contribution in [0.2, 0.25) is 0 Å². The average Bonchev–Trinajstić information content (AvgIpc) is 3.28. The number of hydrogen-bond donors (Lipinski definition) is 1. The zero-order valence-corrected chi connectivity index (χ0v) is 13.6. The molecule has 3 heteroatoms. The molecule has 3 nitrogen and oxygen atoms in total. The van der Waals surface area contributed by atoms with Crippen LogP contribution in [0, 0.1) is 0 Å². The fourth-order valence-electron chi connectivity index (χ4n) is 3.31. The minimum Gasteiger partial charge on any atom is -0.493 e. The summed E-state index contributed by atoms with van der Waals surface area (Å²) in [7, 11) is 0. The van der Waals surface area contributed by atoms with E-state index in [1.807, 2.05) is 24.3 Å². The van der Waals surface area contributed by atoms with E-state index in [0.717, 1.165) is 37.2 Å². The van der Waals surface area contributed by atoms with Gasteiger partial charge in [-0.2, -0.15) is 0 Å². The molecule has 122 valence electrons. The molecule has 1 N–H and O–H groups in total. The number of carbonyl (C=O) groups excluding carboxylic acids is 1. The molecule has 0 saturated heterocycles. The molecule has 24 heavy (non-hydrogen) atoms. The van der Waals surface area contributed by atoms with E-state index in [9.17, 15) is 4.79 Å². The highest BCUT2D eigenvalue weighted by Crippen LogP contribution is 2.47. The van der Waals surface area contributed by atoms with E-state index >= 15 is 0 Å². The van der Waals surface area contributed by atoms with Crippen molar-refractivity contribution in [2.75, 3.05) is 13.2 Å². The van der Waals surface area contributed by atoms with Gasteiger partial charge in [0.2, 0.25) is 5.91 Å². The summed E-state index contributed by atoms with van der Waals surface area (Å²) < 4.78 is 5.50. The Balaban J connectivity index is 1.35. The Morgan fingerprint density at radius 3 is 2.79 bits per heavy atom. The van der Waals surface area contributed by atoms with E-state index in [-0.39, 0.29) is 11.3 Å². The minimum absolute atomic E-state index is 0.0334. The van der Waals surface area contributed by atoms with Crippen LogP contribution in [0.5, 0.6) is 5.75 Å². The van der Waals surface area contributed by atoms with E-state index in [1.54, 1.807) is 6.08 Å². The van der Waals surface area contributed by atoms with Crippen LogP contribution >= 0.6 is 0 Å². The van der Waals surface area contributed by atoms with Gasteiger partial charge >= 0.3 is 0 Å². The van der Waals surface area contributed by atoms with Crippen LogP contribution < -0.4 is 10.1 Å². The van der Waals surface area contributed by atoms with Crippen LogP contribution in [0.15, 0.2) is 54.6 Å². The molecule has 2 aliphatic rings. The largest absolute Gasteiger partial charge is 0.493 e. The summed E-state index contributed by atoms with van der Waals surface area (Å²) in [5.41, 5.74) is 3.74. The van der Waals surface area contributed by atoms with Crippen molar-refractivity contribution < 1.29 is 9.53 Å². The van der Waals surface area contributed by atoms with Crippen molar-refractivity contribution in [1.29, 1.82) is 0 Å². The third-order valence-electron chi connectivity index (χ3n) is 4.98. The zero-order valence-electron chi connectivity index (χ0n) is 13.6. The van der Waals surface area contributed by atoms with Crippen molar-refractivity contribution in [2.45, 2.75) is 24.7 Å². The quantitative estimate of drug-likeness (QED) is 0.857. The van der Waals surface area contributed by atoms with Gasteiger partial charge < -0.3 is 10.1 Å². The van der Waals surface area contributed by atoms with Gasteiger partial charge in [-0.05, 0) is 47.7 Å². The predicted molar refractivity (Wildman–Crippen MR) is 95.0 cm³/mol. The van der Waals surface area contributed by atoms with Gasteiger partial charge in [-0.25, -0.2) is 0 Å². The fraction of sp³-hybridized carbons (Fsp3) is 0.286. The second-order valence-electron chi connectivity index (χ2n) is 6.66. The molecule has 0 spiro atoms. The number of carbonyl (C=O) groups is 1. The van der Waals surface area contributed by atoms with Gasteiger partial charge in [0.25, 0.3) is 0 Å². The van der Waals surface area contributed by atoms with Crippen molar-refractivity contribution in [3.63, 3.8) is 0 Å². The smallest absolute Gasteiger partial charge is 0.244 e. The minimum atomic E-state index is -0.0334. The first-order valence-corrected chi connectivity index (χ1v) is 8.52. The molecule has 0 radical (unpaired) electrons. The Morgan fingerprint density at radius 2 is 2.00 bits per heavy atom. The summed E-state index contributed by atoms with van der Waals surface area (Å²) in [6.45, 7) is 1.46. The molecule has 0 atom stereocenters. The summed E-state index contributed by atoms with van der Waals surface area (Å²) in [6.07, 6.45) is 6.73. The summed E-state index contributed by atoms with van der Waals surface area (Å²) in [5.74, 6) is 0.934. The van der Waals surface area contributed by atoms with Gasteiger partial charge in [-0.15, -0.1) is 0 Å². The van der Waals surface area contributed by atoms with E-state index in [2.05, 4.69) is 35.6 Å². The van der Waals surface area contributed by atoms with Crippen molar-refractivity contribution in [1.82, 2.24) is 5.32 Å². The van der Waals surface area contributed by atoms with Crippen LogP contribution in [0.25, 0.3) is 6.08 Å². The number of hydrogen-bond acceptors (Lipinski definition) is 2. The van der Waals surface area contributed by atoms with Crippen molar-refractivity contribution in [2.24, 2.45) is 0 Å². The van der Waals surface area contributed by atoms with Crippen LogP contribution in [0.3, 0.4) is 0 Å². The Hall–Kier alpha value is -2.55. The molecule has 1 amide bonds. The molecule has 1 saturated carbocycles. The maximum absolute atomic E-state index is 12.1. The lowest BCUT2D eigenvalue weighted by atomic mass is 9.96. The molecule has 1 fully saturated rings. The monoisotopic (exact) mass is 319 g/mol. The second-order valence-corrected chi connectivity index (χ2v) is 6.66. The molecule has 0 aromatic heterocycles. The lowest BCUT2D eigenvalue weighted by Gasteiger charge is -2.15. The molecule has 1 heterocycles. The van der Waals surface area contributed by atoms with E-state index in [1.165, 1.54) is 11.1 Å². The molecular formula is C21H21NO2. The molecule has 0 bridgehead atoms. The molecule has 1 aliphatic heterocycles. The fourth-order valence-corrected chi connectivity index (χ4v) is 3.31. The number of fused-ring (bicyclic) bond motifs is 1. The topological polar surface area (TPSA) is 38.3 Å². The first-order chi connectivity index (χ1) is 11.8. The number of ether oxygens (including phenoxy) is 1. The lowest BCUT2D eigenvalue weighted by Crippen LogP contribution is -2.30. The normalized spacial score (nSPS) is 17.3. The van der Waals surface area contributed by atoms with Gasteiger partial charge in [-0.3, -0.25) is 4.79 Å². The number of nitrogens with one attached hydrogen (secondary N) is 1. The number of rotatable bonds is 5. The third-order valence-corrected chi connectivity index (χ3v) is 4.98. The van der Waals surface area contributed by atoms with Gasteiger partial charge in [0.15, 0.2) is 0 Å². The van der Waals surface area contributed by atoms with E-state index in [0.29, 0.717) is 6.54 Å². The predicted octanol–water partition coefficient (Wildman–Crippen LogP) is 3.48. The van der Waals surface area contributed by atoms with Crippen LogP contribution in [0.1, 0.15) is 29.5 Å². The summed E-state index contributed by atoms with van der Waals surface area (Å²) in [4.78, 5) is 12.1. The van der Waals surface area contributed by atoms with Gasteiger partial charge in [0.1, 0.15) is 5.75 Å². The summed E-state index contributed by atoms with van der Waals surface area (Å²) in [6, 6.07) is 16.5. The first-order valence-electron chi connectivity index (χ1n) is 8.52. The molecular weight excluding hydrogens is 298 g/mol. The Labute approximate surface area is 142 Å². The highest BCUT2D eigenvalue weighted by molar-refractivity contribution is 5.91. The highest BCUT2D eigenvalue weighted by Gasteiger charge is 2.43.